The summed E-state index contributed by atoms with van der Waals surface area (Å²) in [5.74, 6) is 0.714. The number of methoxy groups -OCH3 is 1. The summed E-state index contributed by atoms with van der Waals surface area (Å²) in [4.78, 5) is 0. The molecule has 2 rings (SSSR count). The second-order valence-electron chi connectivity index (χ2n) is 6.07. The van der Waals surface area contributed by atoms with Crippen molar-refractivity contribution in [1.29, 1.82) is 5.26 Å². The highest BCUT2D eigenvalue weighted by molar-refractivity contribution is 9.10. The van der Waals surface area contributed by atoms with Crippen LogP contribution in [0.25, 0.3) is 0 Å². The van der Waals surface area contributed by atoms with Crippen LogP contribution in [-0.4, -0.2) is 12.2 Å². The maximum absolute atomic E-state index is 9.69. The predicted octanol–water partition coefficient (Wildman–Crippen LogP) is 3.80. The second kappa shape index (κ2) is 6.27. The van der Waals surface area contributed by atoms with Crippen LogP contribution in [0.4, 0.5) is 0 Å². The first-order valence-electron chi connectivity index (χ1n) is 6.83. The first kappa shape index (κ1) is 16.8. The SMILES string of the molecule is COc1ccc(Br)cc1[C@H]1NC(=S)NC(C(C)(C)C)=C1C#N. The number of benzene rings is 1. The van der Waals surface area contributed by atoms with Crippen LogP contribution in [0.5, 0.6) is 5.75 Å². The molecule has 0 amide bonds. The number of allylic oxidation sites excluding steroid dienone is 1. The Morgan fingerprint density at radius 3 is 2.59 bits per heavy atom. The zero-order valence-electron chi connectivity index (χ0n) is 13.0. The monoisotopic (exact) mass is 379 g/mol. The summed E-state index contributed by atoms with van der Waals surface area (Å²) >= 11 is 8.80. The molecule has 6 heteroatoms. The van der Waals surface area contributed by atoms with Gasteiger partial charge in [0.15, 0.2) is 5.11 Å². The average Bonchev–Trinajstić information content (AvgIpc) is 2.45. The standard InChI is InChI=1S/C16H18BrN3OS/c1-16(2,3)14-11(8-18)13(19-15(22)20-14)10-7-9(17)5-6-12(10)21-4/h5-7,13H,1-4H3,(H2,19,20,22)/t13-/m1/s1. The van der Waals surface area contributed by atoms with Gasteiger partial charge in [-0.3, -0.25) is 0 Å². The minimum atomic E-state index is -0.333. The van der Waals surface area contributed by atoms with Crippen molar-refractivity contribution >= 4 is 33.3 Å². The van der Waals surface area contributed by atoms with Crippen LogP contribution in [0, 0.1) is 16.7 Å². The van der Waals surface area contributed by atoms with Crippen LogP contribution in [0.2, 0.25) is 0 Å². The van der Waals surface area contributed by atoms with Gasteiger partial charge in [0.1, 0.15) is 5.75 Å². The van der Waals surface area contributed by atoms with Crippen molar-refractivity contribution in [1.82, 2.24) is 10.6 Å². The van der Waals surface area contributed by atoms with Gasteiger partial charge < -0.3 is 15.4 Å². The van der Waals surface area contributed by atoms with Gasteiger partial charge in [-0.15, -0.1) is 0 Å². The van der Waals surface area contributed by atoms with Gasteiger partial charge in [-0.05, 0) is 30.4 Å². The molecule has 0 aromatic heterocycles. The summed E-state index contributed by atoms with van der Waals surface area (Å²) < 4.78 is 6.37. The molecule has 1 heterocycles. The van der Waals surface area contributed by atoms with Gasteiger partial charge in [0.25, 0.3) is 0 Å². The van der Waals surface area contributed by atoms with Crippen LogP contribution in [0.3, 0.4) is 0 Å². The minimum Gasteiger partial charge on any atom is -0.496 e. The molecule has 22 heavy (non-hydrogen) atoms. The molecule has 0 fully saturated rings. The van der Waals surface area contributed by atoms with Crippen molar-refractivity contribution < 1.29 is 4.74 Å². The quantitative estimate of drug-likeness (QED) is 0.765. The van der Waals surface area contributed by atoms with E-state index < -0.39 is 0 Å². The van der Waals surface area contributed by atoms with E-state index in [0.29, 0.717) is 16.4 Å². The third-order valence-electron chi connectivity index (χ3n) is 3.45. The van der Waals surface area contributed by atoms with E-state index in [1.807, 2.05) is 18.2 Å². The van der Waals surface area contributed by atoms with Crippen molar-refractivity contribution in [2.45, 2.75) is 26.8 Å². The van der Waals surface area contributed by atoms with E-state index in [1.54, 1.807) is 7.11 Å². The molecule has 0 aliphatic carbocycles. The summed E-state index contributed by atoms with van der Waals surface area (Å²) in [6, 6.07) is 7.72. The Kier molecular flexibility index (Phi) is 4.78. The fraction of sp³-hybridized carbons (Fsp3) is 0.375. The summed E-state index contributed by atoms with van der Waals surface area (Å²) in [5.41, 5.74) is 2.12. The van der Waals surface area contributed by atoms with Gasteiger partial charge in [-0.25, -0.2) is 0 Å². The number of hydrogen-bond donors (Lipinski definition) is 2. The van der Waals surface area contributed by atoms with Crippen LogP contribution in [0.15, 0.2) is 33.9 Å². The smallest absolute Gasteiger partial charge is 0.171 e. The Morgan fingerprint density at radius 1 is 1.36 bits per heavy atom. The molecule has 1 aliphatic heterocycles. The van der Waals surface area contributed by atoms with E-state index in [2.05, 4.69) is 53.4 Å². The molecular weight excluding hydrogens is 362 g/mol. The Hall–Kier alpha value is -1.58. The molecule has 0 unspecified atom stereocenters. The number of rotatable bonds is 2. The van der Waals surface area contributed by atoms with Crippen molar-refractivity contribution in [2.24, 2.45) is 5.41 Å². The highest BCUT2D eigenvalue weighted by atomic mass is 79.9. The highest BCUT2D eigenvalue weighted by Crippen LogP contribution is 2.38. The molecule has 0 saturated carbocycles. The molecule has 4 nitrogen and oxygen atoms in total. The molecule has 0 bridgehead atoms. The Balaban J connectivity index is 2.66. The van der Waals surface area contributed by atoms with Gasteiger partial charge in [-0.1, -0.05) is 36.7 Å². The van der Waals surface area contributed by atoms with Gasteiger partial charge in [0.05, 0.1) is 24.8 Å². The number of hydrogen-bond acceptors (Lipinski definition) is 3. The predicted molar refractivity (Wildman–Crippen MR) is 94.4 cm³/mol. The summed E-state index contributed by atoms with van der Waals surface area (Å²) in [6.07, 6.45) is 0. The summed E-state index contributed by atoms with van der Waals surface area (Å²) in [7, 11) is 1.62. The lowest BCUT2D eigenvalue weighted by molar-refractivity contribution is 0.404. The lowest BCUT2D eigenvalue weighted by Gasteiger charge is -2.35. The molecule has 1 atom stereocenters. The molecule has 1 aromatic rings. The Morgan fingerprint density at radius 2 is 2.05 bits per heavy atom. The number of ether oxygens (including phenoxy) is 1. The number of thiocarbonyl (C=S) groups is 1. The van der Waals surface area contributed by atoms with Crippen molar-refractivity contribution in [3.8, 4) is 11.8 Å². The fourth-order valence-corrected chi connectivity index (χ4v) is 3.04. The van der Waals surface area contributed by atoms with Crippen LogP contribution < -0.4 is 15.4 Å². The Labute approximate surface area is 144 Å². The molecule has 1 aliphatic rings. The van der Waals surface area contributed by atoms with Gasteiger partial charge in [0.2, 0.25) is 0 Å². The number of nitrogens with zero attached hydrogens (tertiary/aromatic N) is 1. The van der Waals surface area contributed by atoms with Crippen LogP contribution in [0.1, 0.15) is 32.4 Å². The molecule has 0 spiro atoms. The lowest BCUT2D eigenvalue weighted by Crippen LogP contribution is -2.46. The zero-order chi connectivity index (χ0) is 16.5. The molecule has 116 valence electrons. The second-order valence-corrected chi connectivity index (χ2v) is 7.39. The highest BCUT2D eigenvalue weighted by Gasteiger charge is 2.33. The van der Waals surface area contributed by atoms with Crippen molar-refractivity contribution in [3.05, 3.63) is 39.5 Å². The van der Waals surface area contributed by atoms with Crippen molar-refractivity contribution in [2.75, 3.05) is 7.11 Å². The molecule has 0 radical (unpaired) electrons. The van der Waals surface area contributed by atoms with Crippen LogP contribution >= 0.6 is 28.1 Å². The first-order valence-corrected chi connectivity index (χ1v) is 8.03. The lowest BCUT2D eigenvalue weighted by atomic mass is 9.84. The number of nitriles is 1. The third-order valence-corrected chi connectivity index (χ3v) is 4.16. The number of halogens is 1. The van der Waals surface area contributed by atoms with E-state index in [9.17, 15) is 5.26 Å². The van der Waals surface area contributed by atoms with Gasteiger partial charge in [0, 0.05) is 21.1 Å². The first-order chi connectivity index (χ1) is 10.3. The zero-order valence-corrected chi connectivity index (χ0v) is 15.4. The maximum atomic E-state index is 9.69. The van der Waals surface area contributed by atoms with E-state index in [-0.39, 0.29) is 11.5 Å². The normalized spacial score (nSPS) is 18.4. The van der Waals surface area contributed by atoms with E-state index in [0.717, 1.165) is 15.7 Å². The van der Waals surface area contributed by atoms with Crippen molar-refractivity contribution in [3.63, 3.8) is 0 Å². The van der Waals surface area contributed by atoms with Gasteiger partial charge in [-0.2, -0.15) is 5.26 Å². The average molecular weight is 380 g/mol. The molecular formula is C16H18BrN3OS. The van der Waals surface area contributed by atoms with E-state index in [4.69, 9.17) is 17.0 Å². The van der Waals surface area contributed by atoms with Gasteiger partial charge >= 0.3 is 0 Å². The largest absolute Gasteiger partial charge is 0.496 e. The Bertz CT molecular complexity index is 686. The maximum Gasteiger partial charge on any atom is 0.171 e. The van der Waals surface area contributed by atoms with E-state index >= 15 is 0 Å². The fourth-order valence-electron chi connectivity index (χ4n) is 2.44. The molecule has 2 N–H and O–H groups in total. The molecule has 1 aromatic carbocycles. The number of nitrogens with one attached hydrogen (secondary N) is 2. The third kappa shape index (κ3) is 3.26. The summed E-state index contributed by atoms with van der Waals surface area (Å²) in [5, 5.41) is 16.5. The molecule has 0 saturated heterocycles. The minimum absolute atomic E-state index is 0.214. The topological polar surface area (TPSA) is 57.1 Å². The van der Waals surface area contributed by atoms with E-state index in [1.165, 1.54) is 0 Å². The van der Waals surface area contributed by atoms with Crippen LogP contribution in [-0.2, 0) is 0 Å². The summed E-state index contributed by atoms with van der Waals surface area (Å²) in [6.45, 7) is 6.15.